The number of para-hydroxylation sites is 1. The average Bonchev–Trinajstić information content (AvgIpc) is 2.99. The molecular weight excluding hydrogens is 498 g/mol. The number of hydrogen-bond donors (Lipinski definition) is 2. The van der Waals surface area contributed by atoms with Crippen LogP contribution in [0.4, 0.5) is 11.8 Å². The molecule has 7 heteroatoms. The molecule has 1 aromatic heterocycles. The molecule has 1 heterocycles. The predicted molar refractivity (Wildman–Crippen MR) is 163 cm³/mol. The summed E-state index contributed by atoms with van der Waals surface area (Å²) in [6.45, 7) is 2.50. The second kappa shape index (κ2) is 14.2. The summed E-state index contributed by atoms with van der Waals surface area (Å²) >= 11 is 0. The maximum atomic E-state index is 6.30. The molecule has 0 spiro atoms. The fourth-order valence-electron chi connectivity index (χ4n) is 5.22. The van der Waals surface area contributed by atoms with Gasteiger partial charge in [0.15, 0.2) is 0 Å². The number of benzene rings is 3. The van der Waals surface area contributed by atoms with E-state index in [1.165, 1.54) is 11.1 Å². The van der Waals surface area contributed by atoms with Gasteiger partial charge in [-0.15, -0.1) is 0 Å². The highest BCUT2D eigenvalue weighted by Crippen LogP contribution is 2.26. The summed E-state index contributed by atoms with van der Waals surface area (Å²) in [6.07, 6.45) is 4.33. The smallest absolute Gasteiger partial charge is 0.225 e. The van der Waals surface area contributed by atoms with Crippen LogP contribution in [0.3, 0.4) is 0 Å². The molecule has 0 aliphatic heterocycles. The molecule has 4 aromatic rings. The van der Waals surface area contributed by atoms with Crippen molar-refractivity contribution in [1.29, 1.82) is 0 Å². The predicted octanol–water partition coefficient (Wildman–Crippen LogP) is 5.81. The highest BCUT2D eigenvalue weighted by molar-refractivity contribution is 5.90. The Labute approximate surface area is 237 Å². The van der Waals surface area contributed by atoms with Gasteiger partial charge >= 0.3 is 0 Å². The Balaban J connectivity index is 1.11. The third-order valence-electron chi connectivity index (χ3n) is 7.45. The first kappa shape index (κ1) is 28.0. The lowest BCUT2D eigenvalue weighted by atomic mass is 9.91. The number of nitrogens with zero attached hydrogens (tertiary/aromatic N) is 3. The van der Waals surface area contributed by atoms with Crippen molar-refractivity contribution in [1.82, 2.24) is 15.3 Å². The summed E-state index contributed by atoms with van der Waals surface area (Å²) in [5, 5.41) is 8.45. The lowest BCUT2D eigenvalue weighted by Gasteiger charge is -2.31. The van der Waals surface area contributed by atoms with Crippen LogP contribution < -0.4 is 15.5 Å². The maximum absolute atomic E-state index is 6.30. The van der Waals surface area contributed by atoms with Crippen molar-refractivity contribution in [3.63, 3.8) is 0 Å². The zero-order valence-corrected chi connectivity index (χ0v) is 23.6. The molecule has 1 saturated carbocycles. The number of aromatic nitrogens is 2. The molecular formula is C33H41N5O2. The van der Waals surface area contributed by atoms with E-state index >= 15 is 0 Å². The van der Waals surface area contributed by atoms with Gasteiger partial charge in [0.05, 0.1) is 31.4 Å². The quantitative estimate of drug-likeness (QED) is 0.222. The molecule has 0 radical (unpaired) electrons. The second-order valence-corrected chi connectivity index (χ2v) is 10.8. The average molecular weight is 540 g/mol. The van der Waals surface area contributed by atoms with Gasteiger partial charge in [0.25, 0.3) is 0 Å². The number of rotatable bonds is 13. The number of ether oxygens (including phenoxy) is 2. The van der Waals surface area contributed by atoms with Crippen LogP contribution in [0, 0.1) is 0 Å². The highest BCUT2D eigenvalue weighted by atomic mass is 16.5. The summed E-state index contributed by atoms with van der Waals surface area (Å²) in [5.41, 5.74) is 3.32. The van der Waals surface area contributed by atoms with Crippen LogP contribution in [-0.2, 0) is 22.7 Å². The monoisotopic (exact) mass is 539 g/mol. The van der Waals surface area contributed by atoms with Gasteiger partial charge in [0.1, 0.15) is 5.82 Å². The molecule has 7 nitrogen and oxygen atoms in total. The molecule has 5 rings (SSSR count). The molecule has 1 fully saturated rings. The first-order valence-corrected chi connectivity index (χ1v) is 14.4. The van der Waals surface area contributed by atoms with Gasteiger partial charge in [0.2, 0.25) is 5.95 Å². The maximum Gasteiger partial charge on any atom is 0.225 e. The molecule has 1 aliphatic rings. The zero-order valence-electron chi connectivity index (χ0n) is 23.6. The molecule has 3 aromatic carbocycles. The van der Waals surface area contributed by atoms with E-state index in [4.69, 9.17) is 19.4 Å². The number of anilines is 2. The van der Waals surface area contributed by atoms with Gasteiger partial charge in [-0.25, -0.2) is 4.98 Å². The van der Waals surface area contributed by atoms with Gasteiger partial charge in [-0.1, -0.05) is 72.8 Å². The zero-order chi connectivity index (χ0) is 27.6. The highest BCUT2D eigenvalue weighted by Gasteiger charge is 2.23. The van der Waals surface area contributed by atoms with Gasteiger partial charge < -0.3 is 25.0 Å². The molecule has 1 atom stereocenters. The van der Waals surface area contributed by atoms with Crippen molar-refractivity contribution >= 4 is 22.7 Å². The minimum Gasteiger partial charge on any atom is -0.374 e. The standard InChI is InChI=1S/C33H41N5O2/c1-38(2)32-30-15-9-10-16-31(30)36-33(37-32)35-28-19-17-27(18-20-28)34-21-29(40-23-26-13-7-4-8-14-26)24-39-22-25-11-5-3-6-12-25/h3-16,27-29,34H,17-24H2,1-2H3,(H,35,36,37). The summed E-state index contributed by atoms with van der Waals surface area (Å²) in [5.74, 6) is 1.66. The molecule has 1 aliphatic carbocycles. The van der Waals surface area contributed by atoms with Gasteiger partial charge in [-0.05, 0) is 48.9 Å². The van der Waals surface area contributed by atoms with Crippen LogP contribution in [0.25, 0.3) is 10.9 Å². The number of hydrogen-bond acceptors (Lipinski definition) is 7. The van der Waals surface area contributed by atoms with Crippen molar-refractivity contribution < 1.29 is 9.47 Å². The largest absolute Gasteiger partial charge is 0.374 e. The van der Waals surface area contributed by atoms with Crippen molar-refractivity contribution in [2.45, 2.75) is 57.1 Å². The first-order valence-electron chi connectivity index (χ1n) is 14.4. The molecule has 40 heavy (non-hydrogen) atoms. The first-order chi connectivity index (χ1) is 19.6. The van der Waals surface area contributed by atoms with Crippen LogP contribution in [0.5, 0.6) is 0 Å². The number of fused-ring (bicyclic) bond motifs is 1. The molecule has 0 amide bonds. The topological polar surface area (TPSA) is 71.5 Å². The van der Waals surface area contributed by atoms with E-state index in [-0.39, 0.29) is 6.10 Å². The minimum absolute atomic E-state index is 0.0183. The van der Waals surface area contributed by atoms with Gasteiger partial charge in [-0.3, -0.25) is 0 Å². The van der Waals surface area contributed by atoms with Crippen molar-refractivity contribution in [3.05, 3.63) is 96.1 Å². The Morgan fingerprint density at radius 3 is 2.10 bits per heavy atom. The van der Waals surface area contributed by atoms with Crippen molar-refractivity contribution in [2.24, 2.45) is 0 Å². The molecule has 0 bridgehead atoms. The Kier molecular flexibility index (Phi) is 9.96. The third-order valence-corrected chi connectivity index (χ3v) is 7.45. The molecule has 210 valence electrons. The fraction of sp³-hybridized carbons (Fsp3) is 0.394. The van der Waals surface area contributed by atoms with E-state index in [0.717, 1.165) is 48.9 Å². The van der Waals surface area contributed by atoms with Crippen LogP contribution in [0.15, 0.2) is 84.9 Å². The third kappa shape index (κ3) is 8.01. The van der Waals surface area contributed by atoms with E-state index in [1.54, 1.807) is 0 Å². The lowest BCUT2D eigenvalue weighted by molar-refractivity contribution is -0.0299. The van der Waals surface area contributed by atoms with Crippen molar-refractivity contribution in [2.75, 3.05) is 37.5 Å². The summed E-state index contributed by atoms with van der Waals surface area (Å²) in [6, 6.07) is 29.7. The summed E-state index contributed by atoms with van der Waals surface area (Å²) in [4.78, 5) is 11.7. The fourth-order valence-corrected chi connectivity index (χ4v) is 5.22. The Morgan fingerprint density at radius 1 is 0.775 bits per heavy atom. The summed E-state index contributed by atoms with van der Waals surface area (Å²) < 4.78 is 12.4. The molecule has 0 saturated heterocycles. The normalized spacial score (nSPS) is 17.9. The van der Waals surface area contributed by atoms with Crippen LogP contribution in [0.1, 0.15) is 36.8 Å². The number of nitrogens with one attached hydrogen (secondary N) is 2. The molecule has 2 N–H and O–H groups in total. The molecule has 1 unspecified atom stereocenters. The second-order valence-electron chi connectivity index (χ2n) is 10.8. The Morgan fingerprint density at radius 2 is 1.40 bits per heavy atom. The minimum atomic E-state index is -0.0183. The van der Waals surface area contributed by atoms with E-state index < -0.39 is 0 Å². The van der Waals surface area contributed by atoms with Crippen LogP contribution in [0.2, 0.25) is 0 Å². The SMILES string of the molecule is CN(C)c1nc(NC2CCC(NCC(COCc3ccccc3)OCc3ccccc3)CC2)nc2ccccc12. The summed E-state index contributed by atoms with van der Waals surface area (Å²) in [7, 11) is 4.05. The van der Waals surface area contributed by atoms with Gasteiger partial charge in [-0.2, -0.15) is 4.98 Å². The van der Waals surface area contributed by atoms with Gasteiger partial charge in [0, 0.05) is 38.1 Å². The van der Waals surface area contributed by atoms with Crippen LogP contribution in [-0.4, -0.2) is 55.4 Å². The van der Waals surface area contributed by atoms with E-state index in [2.05, 4.69) is 64.1 Å². The van der Waals surface area contributed by atoms with Crippen LogP contribution >= 0.6 is 0 Å². The Hall–Kier alpha value is -3.52. The van der Waals surface area contributed by atoms with Crippen molar-refractivity contribution in [3.8, 4) is 0 Å². The Bertz CT molecular complexity index is 1310. The van der Waals surface area contributed by atoms with E-state index in [0.29, 0.717) is 37.9 Å². The van der Waals surface area contributed by atoms with E-state index in [1.807, 2.05) is 50.5 Å². The van der Waals surface area contributed by atoms with E-state index in [9.17, 15) is 0 Å². The lowest BCUT2D eigenvalue weighted by Crippen LogP contribution is -2.42.